The fourth-order valence-electron chi connectivity index (χ4n) is 1.41. The fraction of sp³-hybridized carbons (Fsp3) is 0.400. The number of carbonyl (C=O) groups excluding carboxylic acids is 3. The van der Waals surface area contributed by atoms with Crippen LogP contribution in [0.1, 0.15) is 20.3 Å². The highest BCUT2D eigenvalue weighted by molar-refractivity contribution is 5.95. The first kappa shape index (κ1) is 18.4. The van der Waals surface area contributed by atoms with Gasteiger partial charge >= 0.3 is 12.0 Å². The molecule has 0 aromatic heterocycles. The zero-order chi connectivity index (χ0) is 17.2. The van der Waals surface area contributed by atoms with Gasteiger partial charge in [-0.1, -0.05) is 13.0 Å². The maximum atomic E-state index is 12.9. The van der Waals surface area contributed by atoms with Crippen LogP contribution in [0.2, 0.25) is 0 Å². The molecule has 0 saturated heterocycles. The van der Waals surface area contributed by atoms with Crippen LogP contribution in [0.5, 0.6) is 5.75 Å². The second-order valence-corrected chi connectivity index (χ2v) is 4.74. The highest BCUT2D eigenvalue weighted by atomic mass is 19.1. The number of hydrogen-bond donors (Lipinski definition) is 2. The summed E-state index contributed by atoms with van der Waals surface area (Å²) in [6.45, 7) is 2.58. The van der Waals surface area contributed by atoms with E-state index in [0.29, 0.717) is 6.42 Å². The number of imide groups is 1. The monoisotopic (exact) mass is 326 g/mol. The zero-order valence-electron chi connectivity index (χ0n) is 12.9. The number of esters is 1. The molecular weight excluding hydrogens is 307 g/mol. The Morgan fingerprint density at radius 2 is 2.00 bits per heavy atom. The van der Waals surface area contributed by atoms with Gasteiger partial charge in [0.1, 0.15) is 11.6 Å². The highest BCUT2D eigenvalue weighted by Crippen LogP contribution is 2.11. The van der Waals surface area contributed by atoms with Crippen LogP contribution in [0, 0.1) is 5.82 Å². The zero-order valence-corrected chi connectivity index (χ0v) is 12.9. The molecule has 0 saturated carbocycles. The quantitative estimate of drug-likeness (QED) is 0.738. The average molecular weight is 326 g/mol. The van der Waals surface area contributed by atoms with E-state index < -0.39 is 36.9 Å². The van der Waals surface area contributed by atoms with Crippen LogP contribution in [-0.4, -0.2) is 37.2 Å². The van der Waals surface area contributed by atoms with Crippen LogP contribution in [0.3, 0.4) is 0 Å². The van der Waals surface area contributed by atoms with Crippen LogP contribution in [0.15, 0.2) is 24.3 Å². The lowest BCUT2D eigenvalue weighted by atomic mass is 10.3. The summed E-state index contributed by atoms with van der Waals surface area (Å²) in [5.74, 6) is -1.90. The molecule has 0 fully saturated rings. The van der Waals surface area contributed by atoms with Crippen molar-refractivity contribution < 1.29 is 28.2 Å². The van der Waals surface area contributed by atoms with Crippen LogP contribution in [0.4, 0.5) is 9.18 Å². The molecule has 7 nitrogen and oxygen atoms in total. The molecule has 0 radical (unpaired) electrons. The molecule has 0 bridgehead atoms. The predicted octanol–water partition coefficient (Wildman–Crippen LogP) is 1.37. The average Bonchev–Trinajstić information content (AvgIpc) is 2.50. The summed E-state index contributed by atoms with van der Waals surface area (Å²) >= 11 is 0. The minimum absolute atomic E-state index is 0.0787. The van der Waals surface area contributed by atoms with E-state index in [0.717, 1.165) is 6.07 Å². The van der Waals surface area contributed by atoms with E-state index in [9.17, 15) is 18.8 Å². The van der Waals surface area contributed by atoms with E-state index in [2.05, 4.69) is 10.1 Å². The van der Waals surface area contributed by atoms with Crippen molar-refractivity contribution in [2.45, 2.75) is 26.3 Å². The molecule has 0 unspecified atom stereocenters. The molecule has 0 aliphatic carbocycles. The number of urea groups is 1. The number of hydrogen-bond acceptors (Lipinski definition) is 5. The number of nitrogens with one attached hydrogen (secondary N) is 2. The smallest absolute Gasteiger partial charge is 0.344 e. The molecule has 0 aliphatic rings. The lowest BCUT2D eigenvalue weighted by molar-refractivity contribution is -0.150. The Bertz CT molecular complexity index is 565. The van der Waals surface area contributed by atoms with E-state index in [1.807, 2.05) is 12.2 Å². The molecule has 0 spiro atoms. The Morgan fingerprint density at radius 1 is 1.26 bits per heavy atom. The summed E-state index contributed by atoms with van der Waals surface area (Å²) in [6, 6.07) is 4.52. The molecule has 0 heterocycles. The van der Waals surface area contributed by atoms with Crippen molar-refractivity contribution in [3.63, 3.8) is 0 Å². The summed E-state index contributed by atoms with van der Waals surface area (Å²) in [5.41, 5.74) is 0. The van der Waals surface area contributed by atoms with Gasteiger partial charge in [-0.2, -0.15) is 0 Å². The number of carbonyl (C=O) groups is 3. The molecule has 3 amide bonds. The molecule has 23 heavy (non-hydrogen) atoms. The molecule has 1 aromatic rings. The molecule has 0 aliphatic heterocycles. The van der Waals surface area contributed by atoms with Crippen molar-refractivity contribution in [1.82, 2.24) is 10.6 Å². The molecular formula is C15H19FN2O5. The van der Waals surface area contributed by atoms with Gasteiger partial charge in [-0.15, -0.1) is 0 Å². The van der Waals surface area contributed by atoms with Gasteiger partial charge in [0, 0.05) is 12.1 Å². The van der Waals surface area contributed by atoms with Gasteiger partial charge in [-0.05, 0) is 25.5 Å². The lowest BCUT2D eigenvalue weighted by Crippen LogP contribution is -2.44. The third kappa shape index (κ3) is 7.79. The maximum Gasteiger partial charge on any atom is 0.344 e. The van der Waals surface area contributed by atoms with Crippen molar-refractivity contribution in [2.24, 2.45) is 0 Å². The van der Waals surface area contributed by atoms with Crippen molar-refractivity contribution in [3.8, 4) is 5.75 Å². The second-order valence-electron chi connectivity index (χ2n) is 4.74. The SMILES string of the molecule is CC[C@H](C)NC(=O)NC(=O)COC(=O)COc1cccc(F)c1. The third-order valence-corrected chi connectivity index (χ3v) is 2.76. The molecule has 1 aromatic carbocycles. The van der Waals surface area contributed by atoms with Gasteiger partial charge in [-0.3, -0.25) is 10.1 Å². The first-order valence-corrected chi connectivity index (χ1v) is 7.05. The molecule has 2 N–H and O–H groups in total. The van der Waals surface area contributed by atoms with Crippen LogP contribution < -0.4 is 15.4 Å². The van der Waals surface area contributed by atoms with Gasteiger partial charge < -0.3 is 14.8 Å². The molecule has 126 valence electrons. The minimum Gasteiger partial charge on any atom is -0.482 e. The van der Waals surface area contributed by atoms with Gasteiger partial charge in [0.05, 0.1) is 0 Å². The number of benzene rings is 1. The Hall–Kier alpha value is -2.64. The van der Waals surface area contributed by atoms with E-state index in [1.165, 1.54) is 18.2 Å². The highest BCUT2D eigenvalue weighted by Gasteiger charge is 2.12. The Kier molecular flexibility index (Phi) is 7.52. The van der Waals surface area contributed by atoms with E-state index in [4.69, 9.17) is 4.74 Å². The van der Waals surface area contributed by atoms with Crippen molar-refractivity contribution in [1.29, 1.82) is 0 Å². The van der Waals surface area contributed by atoms with Gasteiger partial charge in [0.25, 0.3) is 5.91 Å². The molecule has 1 atom stereocenters. The number of rotatable bonds is 7. The van der Waals surface area contributed by atoms with Gasteiger partial charge in [-0.25, -0.2) is 14.0 Å². The Labute approximate surface area is 133 Å². The first-order valence-electron chi connectivity index (χ1n) is 7.05. The summed E-state index contributed by atoms with van der Waals surface area (Å²) in [6.07, 6.45) is 0.716. The minimum atomic E-state index is -0.813. The number of ether oxygens (including phenoxy) is 2. The van der Waals surface area contributed by atoms with Gasteiger partial charge in [0.2, 0.25) is 0 Å². The summed E-state index contributed by atoms with van der Waals surface area (Å²) in [4.78, 5) is 34.2. The van der Waals surface area contributed by atoms with E-state index in [1.54, 1.807) is 6.92 Å². The van der Waals surface area contributed by atoms with Crippen LogP contribution >= 0.6 is 0 Å². The predicted molar refractivity (Wildman–Crippen MR) is 79.3 cm³/mol. The maximum absolute atomic E-state index is 12.9. The Morgan fingerprint density at radius 3 is 2.65 bits per heavy atom. The van der Waals surface area contributed by atoms with E-state index >= 15 is 0 Å². The van der Waals surface area contributed by atoms with E-state index in [-0.39, 0.29) is 11.8 Å². The number of amides is 3. The Balaban J connectivity index is 2.25. The van der Waals surface area contributed by atoms with Crippen molar-refractivity contribution in [2.75, 3.05) is 13.2 Å². The summed E-state index contributed by atoms with van der Waals surface area (Å²) in [7, 11) is 0. The summed E-state index contributed by atoms with van der Waals surface area (Å²) < 4.78 is 22.5. The largest absolute Gasteiger partial charge is 0.482 e. The molecule has 1 rings (SSSR count). The third-order valence-electron chi connectivity index (χ3n) is 2.76. The number of halogens is 1. The lowest BCUT2D eigenvalue weighted by Gasteiger charge is -2.12. The standard InChI is InChI=1S/C15H19FN2O5/c1-3-10(2)17-15(21)18-13(19)8-23-14(20)9-22-12-6-4-5-11(16)7-12/h4-7,10H,3,8-9H2,1-2H3,(H2,17,18,19,21)/t10-/m0/s1. The van der Waals surface area contributed by atoms with Crippen LogP contribution in [0.25, 0.3) is 0 Å². The first-order chi connectivity index (χ1) is 10.9. The molecule has 8 heteroatoms. The summed E-state index contributed by atoms with van der Waals surface area (Å²) in [5, 5.41) is 4.55. The topological polar surface area (TPSA) is 93.7 Å². The fourth-order valence-corrected chi connectivity index (χ4v) is 1.41. The normalized spacial score (nSPS) is 11.3. The second kappa shape index (κ2) is 9.39. The van der Waals surface area contributed by atoms with Crippen LogP contribution in [-0.2, 0) is 14.3 Å². The van der Waals surface area contributed by atoms with Gasteiger partial charge in [0.15, 0.2) is 13.2 Å². The van der Waals surface area contributed by atoms with Crippen molar-refractivity contribution >= 4 is 17.9 Å². The van der Waals surface area contributed by atoms with Crippen molar-refractivity contribution in [3.05, 3.63) is 30.1 Å².